The number of hydrogen-bond donors (Lipinski definition) is 1. The molecule has 152 valence electrons. The number of nitrogens with zero attached hydrogens (tertiary/aromatic N) is 4. The van der Waals surface area contributed by atoms with Crippen molar-refractivity contribution in [2.45, 2.75) is 18.3 Å². The molecule has 0 aliphatic carbocycles. The number of aromatic nitrogens is 3. The summed E-state index contributed by atoms with van der Waals surface area (Å²) in [6, 6.07) is 15.5. The Morgan fingerprint density at radius 3 is 2.52 bits per heavy atom. The summed E-state index contributed by atoms with van der Waals surface area (Å²) in [5, 5.41) is 8.56. The summed E-state index contributed by atoms with van der Waals surface area (Å²) in [6.45, 7) is -2.53. The number of nitrogen functional groups attached to an aromatic ring is 1. The molecule has 10 heteroatoms. The predicted molar refractivity (Wildman–Crippen MR) is 106 cm³/mol. The molecule has 0 saturated carbocycles. The third-order valence-corrected chi connectivity index (χ3v) is 4.94. The fourth-order valence-corrected chi connectivity index (χ4v) is 3.33. The number of carbonyl (C=O) groups is 1. The molecule has 0 spiro atoms. The van der Waals surface area contributed by atoms with E-state index >= 15 is 0 Å². The molecular weight excluding hydrogens is 400 g/mol. The molecule has 0 atom stereocenters. The van der Waals surface area contributed by atoms with Gasteiger partial charge in [0, 0.05) is 19.2 Å². The molecule has 0 bridgehead atoms. The molecule has 1 amide bonds. The van der Waals surface area contributed by atoms with E-state index in [2.05, 4.69) is 14.9 Å². The molecule has 0 aliphatic rings. The van der Waals surface area contributed by atoms with Crippen LogP contribution in [0.1, 0.15) is 5.56 Å². The minimum atomic E-state index is -2.87. The van der Waals surface area contributed by atoms with Crippen LogP contribution in [0.15, 0.2) is 59.8 Å². The Kier molecular flexibility index (Phi) is 6.65. The maximum absolute atomic E-state index is 12.4. The fourth-order valence-electron chi connectivity index (χ4n) is 2.53. The summed E-state index contributed by atoms with van der Waals surface area (Å²) >= 11 is 1.19. The number of thioether (sulfide) groups is 1. The number of ether oxygens (including phenoxy) is 1. The number of benzene rings is 2. The van der Waals surface area contributed by atoms with Crippen molar-refractivity contribution < 1.29 is 18.3 Å². The van der Waals surface area contributed by atoms with Crippen LogP contribution >= 0.6 is 11.8 Å². The summed E-state index contributed by atoms with van der Waals surface area (Å²) in [7, 11) is 1.66. The van der Waals surface area contributed by atoms with E-state index in [1.807, 2.05) is 30.3 Å². The third kappa shape index (κ3) is 5.44. The van der Waals surface area contributed by atoms with Crippen LogP contribution in [0, 0.1) is 0 Å². The highest BCUT2D eigenvalue weighted by atomic mass is 32.2. The van der Waals surface area contributed by atoms with Crippen molar-refractivity contribution >= 4 is 17.7 Å². The third-order valence-electron chi connectivity index (χ3n) is 4.02. The Morgan fingerprint density at radius 2 is 1.86 bits per heavy atom. The number of amides is 1. The van der Waals surface area contributed by atoms with Gasteiger partial charge in [0.2, 0.25) is 11.1 Å². The molecule has 0 fully saturated rings. The Hall–Kier alpha value is -3.14. The number of halogens is 2. The second-order valence-corrected chi connectivity index (χ2v) is 7.05. The Labute approximate surface area is 170 Å². The zero-order valence-corrected chi connectivity index (χ0v) is 16.4. The normalized spacial score (nSPS) is 10.9. The topological polar surface area (TPSA) is 86.3 Å². The molecule has 0 radical (unpaired) electrons. The molecule has 0 aliphatic heterocycles. The highest BCUT2D eigenvalue weighted by Gasteiger charge is 2.16. The van der Waals surface area contributed by atoms with E-state index in [1.165, 1.54) is 33.5 Å². The zero-order valence-electron chi connectivity index (χ0n) is 15.5. The number of hydrogen-bond acceptors (Lipinski definition) is 6. The van der Waals surface area contributed by atoms with Crippen LogP contribution in [0.25, 0.3) is 11.4 Å². The van der Waals surface area contributed by atoms with Crippen LogP contribution in [0.2, 0.25) is 0 Å². The first-order chi connectivity index (χ1) is 13.9. The average molecular weight is 419 g/mol. The Balaban J connectivity index is 1.55. The highest BCUT2D eigenvalue weighted by Crippen LogP contribution is 2.22. The lowest BCUT2D eigenvalue weighted by molar-refractivity contribution is -0.127. The zero-order chi connectivity index (χ0) is 20.8. The van der Waals surface area contributed by atoms with Gasteiger partial charge in [0.25, 0.3) is 0 Å². The largest absolute Gasteiger partial charge is 0.435 e. The van der Waals surface area contributed by atoms with Gasteiger partial charge in [0.1, 0.15) is 5.75 Å². The molecule has 2 N–H and O–H groups in total. The van der Waals surface area contributed by atoms with E-state index in [1.54, 1.807) is 19.2 Å². The van der Waals surface area contributed by atoms with Crippen molar-refractivity contribution in [2.75, 3.05) is 18.6 Å². The van der Waals surface area contributed by atoms with Crippen molar-refractivity contribution in [3.63, 3.8) is 0 Å². The SMILES string of the molecule is CN(Cc1ccc(OC(F)F)cc1)C(=O)CSc1nnc(-c2ccccc2)n1N. The van der Waals surface area contributed by atoms with Crippen molar-refractivity contribution in [3.05, 3.63) is 60.2 Å². The van der Waals surface area contributed by atoms with Gasteiger partial charge in [-0.3, -0.25) is 4.79 Å². The van der Waals surface area contributed by atoms with E-state index in [0.29, 0.717) is 17.5 Å². The highest BCUT2D eigenvalue weighted by molar-refractivity contribution is 7.99. The molecule has 0 unspecified atom stereocenters. The Bertz CT molecular complexity index is 951. The Morgan fingerprint density at radius 1 is 1.17 bits per heavy atom. The van der Waals surface area contributed by atoms with Gasteiger partial charge in [0.15, 0.2) is 5.82 Å². The molecule has 29 heavy (non-hydrogen) atoms. The maximum atomic E-state index is 12.4. The minimum Gasteiger partial charge on any atom is -0.435 e. The van der Waals surface area contributed by atoms with Crippen molar-refractivity contribution in [1.82, 2.24) is 19.8 Å². The monoisotopic (exact) mass is 419 g/mol. The summed E-state index contributed by atoms with van der Waals surface area (Å²) in [4.78, 5) is 13.9. The van der Waals surface area contributed by atoms with E-state index in [0.717, 1.165) is 11.1 Å². The maximum Gasteiger partial charge on any atom is 0.387 e. The lowest BCUT2D eigenvalue weighted by atomic mass is 10.2. The van der Waals surface area contributed by atoms with E-state index in [-0.39, 0.29) is 17.4 Å². The first-order valence-electron chi connectivity index (χ1n) is 8.60. The molecular formula is C19H19F2N5O2S. The summed E-state index contributed by atoms with van der Waals surface area (Å²) in [5.41, 5.74) is 1.62. The fraction of sp³-hybridized carbons (Fsp3) is 0.211. The van der Waals surface area contributed by atoms with Gasteiger partial charge in [-0.1, -0.05) is 54.2 Å². The average Bonchev–Trinajstić information content (AvgIpc) is 3.08. The van der Waals surface area contributed by atoms with Crippen molar-refractivity contribution in [3.8, 4) is 17.1 Å². The van der Waals surface area contributed by atoms with Gasteiger partial charge in [-0.2, -0.15) is 8.78 Å². The molecule has 3 rings (SSSR count). The standard InChI is InChI=1S/C19H19F2N5O2S/c1-25(11-13-7-9-15(10-8-13)28-18(20)21)16(27)12-29-19-24-23-17(26(19)22)14-5-3-2-4-6-14/h2-10,18H,11-12,22H2,1H3. The summed E-state index contributed by atoms with van der Waals surface area (Å²) in [6.07, 6.45) is 0. The molecule has 3 aromatic rings. The van der Waals surface area contributed by atoms with Crippen LogP contribution in [0.3, 0.4) is 0 Å². The van der Waals surface area contributed by atoms with Gasteiger partial charge >= 0.3 is 6.61 Å². The first-order valence-corrected chi connectivity index (χ1v) is 9.59. The smallest absolute Gasteiger partial charge is 0.387 e. The lowest BCUT2D eigenvalue weighted by Gasteiger charge is -2.17. The minimum absolute atomic E-state index is 0.0739. The molecule has 1 heterocycles. The molecule has 2 aromatic carbocycles. The summed E-state index contributed by atoms with van der Waals surface area (Å²) in [5.74, 6) is 6.64. The van der Waals surface area contributed by atoms with E-state index in [9.17, 15) is 13.6 Å². The van der Waals surface area contributed by atoms with Crippen molar-refractivity contribution in [2.24, 2.45) is 0 Å². The quantitative estimate of drug-likeness (QED) is 0.446. The van der Waals surface area contributed by atoms with Crippen LogP contribution in [0.4, 0.5) is 8.78 Å². The van der Waals surface area contributed by atoms with Gasteiger partial charge < -0.3 is 15.5 Å². The van der Waals surface area contributed by atoms with E-state index in [4.69, 9.17) is 5.84 Å². The predicted octanol–water partition coefficient (Wildman–Crippen LogP) is 3.01. The molecule has 7 nitrogen and oxygen atoms in total. The van der Waals surface area contributed by atoms with Crippen LogP contribution in [0.5, 0.6) is 5.75 Å². The number of nitrogens with two attached hydrogens (primary N) is 1. The number of alkyl halides is 2. The van der Waals surface area contributed by atoms with Crippen molar-refractivity contribution in [1.29, 1.82) is 0 Å². The van der Waals surface area contributed by atoms with Crippen LogP contribution in [-0.4, -0.2) is 45.1 Å². The van der Waals surface area contributed by atoms with Gasteiger partial charge in [-0.25, -0.2) is 4.68 Å². The summed E-state index contributed by atoms with van der Waals surface area (Å²) < 4.78 is 30.0. The van der Waals surface area contributed by atoms with Crippen LogP contribution in [-0.2, 0) is 11.3 Å². The molecule has 1 aromatic heterocycles. The number of rotatable bonds is 8. The molecule has 0 saturated heterocycles. The van der Waals surface area contributed by atoms with E-state index < -0.39 is 6.61 Å². The van der Waals surface area contributed by atoms with Gasteiger partial charge in [-0.05, 0) is 17.7 Å². The lowest BCUT2D eigenvalue weighted by Crippen LogP contribution is -2.28. The second kappa shape index (κ2) is 9.37. The van der Waals surface area contributed by atoms with Gasteiger partial charge in [-0.15, -0.1) is 10.2 Å². The second-order valence-electron chi connectivity index (χ2n) is 6.10. The first kappa shape index (κ1) is 20.6. The number of carbonyl (C=O) groups excluding carboxylic acids is 1. The van der Waals surface area contributed by atoms with Gasteiger partial charge in [0.05, 0.1) is 5.75 Å². The van der Waals surface area contributed by atoms with Crippen LogP contribution < -0.4 is 10.6 Å².